The number of carbonyl (C=O) groups is 2. The van der Waals surface area contributed by atoms with Gasteiger partial charge in [-0.2, -0.15) is 0 Å². The summed E-state index contributed by atoms with van der Waals surface area (Å²) < 4.78 is 24.5. The second-order valence-corrected chi connectivity index (χ2v) is 9.80. The second-order valence-electron chi connectivity index (χ2n) is 6.66. The molecule has 30 heavy (non-hydrogen) atoms. The lowest BCUT2D eigenvalue weighted by Crippen LogP contribution is -2.24. The molecular formula is C22H22N2O4S2. The largest absolute Gasteiger partial charge is 0.351 e. The Balaban J connectivity index is 1.45. The van der Waals surface area contributed by atoms with E-state index in [2.05, 4.69) is 10.6 Å². The van der Waals surface area contributed by atoms with Crippen molar-refractivity contribution in [1.82, 2.24) is 5.32 Å². The molecule has 2 amide bonds. The van der Waals surface area contributed by atoms with Crippen molar-refractivity contribution in [3.05, 3.63) is 82.6 Å². The van der Waals surface area contributed by atoms with Crippen LogP contribution in [-0.2, 0) is 32.4 Å². The minimum absolute atomic E-state index is 0.0775. The molecule has 0 aliphatic heterocycles. The Morgan fingerprint density at radius 2 is 1.60 bits per heavy atom. The SMILES string of the molecule is O=C(Cc1ccc(NC(=O)CCS(=O)(=O)c2ccccc2)cc1)NCc1cccs1. The molecule has 6 nitrogen and oxygen atoms in total. The molecule has 8 heteroatoms. The lowest BCUT2D eigenvalue weighted by Gasteiger charge is -2.08. The summed E-state index contributed by atoms with van der Waals surface area (Å²) in [6, 6.07) is 18.9. The number of sulfone groups is 1. The van der Waals surface area contributed by atoms with Gasteiger partial charge in [0.1, 0.15) is 0 Å². The predicted octanol–water partition coefficient (Wildman–Crippen LogP) is 3.41. The summed E-state index contributed by atoms with van der Waals surface area (Å²) in [4.78, 5) is 25.4. The van der Waals surface area contributed by atoms with Crippen LogP contribution in [0, 0.1) is 0 Å². The van der Waals surface area contributed by atoms with E-state index in [0.29, 0.717) is 12.2 Å². The van der Waals surface area contributed by atoms with Crippen LogP contribution in [0.2, 0.25) is 0 Å². The number of hydrogen-bond acceptors (Lipinski definition) is 5. The van der Waals surface area contributed by atoms with Crippen LogP contribution in [0.15, 0.2) is 77.0 Å². The lowest BCUT2D eigenvalue weighted by atomic mass is 10.1. The zero-order valence-corrected chi connectivity index (χ0v) is 17.8. The van der Waals surface area contributed by atoms with Crippen LogP contribution in [0.25, 0.3) is 0 Å². The normalized spacial score (nSPS) is 11.1. The highest BCUT2D eigenvalue weighted by molar-refractivity contribution is 7.91. The summed E-state index contributed by atoms with van der Waals surface area (Å²) in [6.07, 6.45) is 0.110. The summed E-state index contributed by atoms with van der Waals surface area (Å²) in [5.74, 6) is -0.715. The minimum atomic E-state index is -3.49. The summed E-state index contributed by atoms with van der Waals surface area (Å²) in [7, 11) is -3.49. The molecule has 1 heterocycles. The Kier molecular flexibility index (Phi) is 7.37. The van der Waals surface area contributed by atoms with Gasteiger partial charge in [0.2, 0.25) is 11.8 Å². The standard InChI is InChI=1S/C22H22N2O4S2/c25-21(12-14-30(27,28)20-6-2-1-3-7-20)24-18-10-8-17(9-11-18)15-22(26)23-16-19-5-4-13-29-19/h1-11,13H,12,14-16H2,(H,23,26)(H,24,25). The first-order chi connectivity index (χ1) is 14.4. The summed E-state index contributed by atoms with van der Waals surface area (Å²) in [6.45, 7) is 0.510. The Morgan fingerprint density at radius 1 is 0.867 bits per heavy atom. The van der Waals surface area contributed by atoms with Crippen molar-refractivity contribution in [2.24, 2.45) is 0 Å². The van der Waals surface area contributed by atoms with Gasteiger partial charge in [0, 0.05) is 17.0 Å². The van der Waals surface area contributed by atoms with Crippen molar-refractivity contribution < 1.29 is 18.0 Å². The van der Waals surface area contributed by atoms with E-state index in [0.717, 1.165) is 10.4 Å². The molecular weight excluding hydrogens is 420 g/mol. The first-order valence-corrected chi connectivity index (χ1v) is 11.9. The average Bonchev–Trinajstić information content (AvgIpc) is 3.27. The van der Waals surface area contributed by atoms with E-state index in [-0.39, 0.29) is 35.3 Å². The molecule has 0 radical (unpaired) electrons. The Labute approximate surface area is 179 Å². The van der Waals surface area contributed by atoms with Crippen LogP contribution < -0.4 is 10.6 Å². The Morgan fingerprint density at radius 3 is 2.27 bits per heavy atom. The zero-order chi connectivity index (χ0) is 21.4. The monoisotopic (exact) mass is 442 g/mol. The molecule has 0 aliphatic rings. The first-order valence-electron chi connectivity index (χ1n) is 9.38. The van der Waals surface area contributed by atoms with Gasteiger partial charge in [-0.1, -0.05) is 36.4 Å². The molecule has 0 bridgehead atoms. The fourth-order valence-corrected chi connectivity index (χ4v) is 4.66. The van der Waals surface area contributed by atoms with E-state index < -0.39 is 9.84 Å². The van der Waals surface area contributed by atoms with E-state index in [4.69, 9.17) is 0 Å². The summed E-state index contributed by atoms with van der Waals surface area (Å²) in [5, 5.41) is 7.52. The Bertz CT molecular complexity index is 1080. The molecule has 1 aromatic heterocycles. The van der Waals surface area contributed by atoms with Gasteiger partial charge in [-0.25, -0.2) is 8.42 Å². The van der Waals surface area contributed by atoms with Crippen LogP contribution in [-0.4, -0.2) is 26.0 Å². The highest BCUT2D eigenvalue weighted by Crippen LogP contribution is 2.14. The number of amides is 2. The summed E-state index contributed by atoms with van der Waals surface area (Å²) >= 11 is 1.59. The topological polar surface area (TPSA) is 92.3 Å². The van der Waals surface area contributed by atoms with Gasteiger partial charge in [0.25, 0.3) is 0 Å². The molecule has 3 aromatic rings. The van der Waals surface area contributed by atoms with E-state index in [1.54, 1.807) is 53.8 Å². The fraction of sp³-hybridized carbons (Fsp3) is 0.182. The number of nitrogens with one attached hydrogen (secondary N) is 2. The van der Waals surface area contributed by atoms with E-state index in [1.807, 2.05) is 17.5 Å². The fourth-order valence-electron chi connectivity index (χ4n) is 2.75. The van der Waals surface area contributed by atoms with Gasteiger partial charge < -0.3 is 10.6 Å². The lowest BCUT2D eigenvalue weighted by molar-refractivity contribution is -0.120. The van der Waals surface area contributed by atoms with Gasteiger partial charge in [0.05, 0.1) is 23.6 Å². The minimum Gasteiger partial charge on any atom is -0.351 e. The van der Waals surface area contributed by atoms with E-state index in [1.165, 1.54) is 12.1 Å². The molecule has 0 saturated carbocycles. The highest BCUT2D eigenvalue weighted by atomic mass is 32.2. The number of benzene rings is 2. The van der Waals surface area contributed by atoms with Crippen molar-refractivity contribution in [3.63, 3.8) is 0 Å². The third kappa shape index (κ3) is 6.53. The molecule has 0 saturated heterocycles. The van der Waals surface area contributed by atoms with Crippen molar-refractivity contribution in [3.8, 4) is 0 Å². The Hall–Kier alpha value is -2.97. The molecule has 3 rings (SSSR count). The van der Waals surface area contributed by atoms with Gasteiger partial charge in [-0.15, -0.1) is 11.3 Å². The molecule has 0 spiro atoms. The number of thiophene rings is 1. The zero-order valence-electron chi connectivity index (χ0n) is 16.2. The van der Waals surface area contributed by atoms with Crippen LogP contribution in [0.1, 0.15) is 16.9 Å². The van der Waals surface area contributed by atoms with Gasteiger partial charge in [0.15, 0.2) is 9.84 Å². The first kappa shape index (κ1) is 21.7. The van der Waals surface area contributed by atoms with Gasteiger partial charge in [-0.05, 0) is 41.3 Å². The number of anilines is 1. The number of rotatable bonds is 9. The van der Waals surface area contributed by atoms with Crippen LogP contribution in [0.4, 0.5) is 5.69 Å². The van der Waals surface area contributed by atoms with E-state index in [9.17, 15) is 18.0 Å². The third-order valence-corrected chi connectivity index (χ3v) is 6.95. The van der Waals surface area contributed by atoms with Crippen molar-refractivity contribution in [2.75, 3.05) is 11.1 Å². The van der Waals surface area contributed by atoms with E-state index >= 15 is 0 Å². The summed E-state index contributed by atoms with van der Waals surface area (Å²) in [5.41, 5.74) is 1.38. The smallest absolute Gasteiger partial charge is 0.225 e. The highest BCUT2D eigenvalue weighted by Gasteiger charge is 2.16. The molecule has 0 unspecified atom stereocenters. The van der Waals surface area contributed by atoms with Crippen molar-refractivity contribution >= 4 is 38.7 Å². The predicted molar refractivity (Wildman–Crippen MR) is 118 cm³/mol. The van der Waals surface area contributed by atoms with Crippen LogP contribution >= 0.6 is 11.3 Å². The second kappa shape index (κ2) is 10.2. The maximum absolute atomic E-state index is 12.2. The molecule has 0 fully saturated rings. The molecule has 2 aromatic carbocycles. The maximum atomic E-state index is 12.2. The van der Waals surface area contributed by atoms with Crippen molar-refractivity contribution in [1.29, 1.82) is 0 Å². The number of carbonyl (C=O) groups excluding carboxylic acids is 2. The molecule has 0 atom stereocenters. The van der Waals surface area contributed by atoms with Crippen LogP contribution in [0.3, 0.4) is 0 Å². The maximum Gasteiger partial charge on any atom is 0.225 e. The van der Waals surface area contributed by atoms with Crippen molar-refractivity contribution in [2.45, 2.75) is 24.3 Å². The average molecular weight is 443 g/mol. The molecule has 2 N–H and O–H groups in total. The molecule has 0 aliphatic carbocycles. The number of hydrogen-bond donors (Lipinski definition) is 2. The molecule has 156 valence electrons. The van der Waals surface area contributed by atoms with Crippen LogP contribution in [0.5, 0.6) is 0 Å². The van der Waals surface area contributed by atoms with Gasteiger partial charge in [-0.3, -0.25) is 9.59 Å². The van der Waals surface area contributed by atoms with Gasteiger partial charge >= 0.3 is 0 Å². The third-order valence-electron chi connectivity index (χ3n) is 4.34. The quantitative estimate of drug-likeness (QED) is 0.531.